The average Bonchev–Trinajstić information content (AvgIpc) is 2.92. The fourth-order valence-electron chi connectivity index (χ4n) is 2.87. The normalized spacial score (nSPS) is 10.8. The molecule has 5 heteroatoms. The van der Waals surface area contributed by atoms with E-state index >= 15 is 0 Å². The van der Waals surface area contributed by atoms with E-state index in [9.17, 15) is 4.79 Å². The third kappa shape index (κ3) is 3.45. The number of benzene rings is 2. The summed E-state index contributed by atoms with van der Waals surface area (Å²) in [6.07, 6.45) is 0. The standard InChI is InChI=1S/C20H22N4O/c1-12-8-13(2)10-18(9-12)24-16(5)19(22-23-24)20(25)21-17-7-6-14(3)15(4)11-17/h6-11H,1-5H3,(H,21,25). The molecule has 2 aromatic carbocycles. The average molecular weight is 334 g/mol. The van der Waals surface area contributed by atoms with E-state index in [2.05, 4.69) is 21.7 Å². The minimum atomic E-state index is -0.253. The molecule has 1 heterocycles. The molecule has 0 atom stereocenters. The first-order valence-electron chi connectivity index (χ1n) is 8.25. The van der Waals surface area contributed by atoms with Gasteiger partial charge in [-0.3, -0.25) is 4.79 Å². The molecule has 0 bridgehead atoms. The van der Waals surface area contributed by atoms with Crippen molar-refractivity contribution in [2.24, 2.45) is 0 Å². The molecular weight excluding hydrogens is 312 g/mol. The summed E-state index contributed by atoms with van der Waals surface area (Å²) in [5.74, 6) is -0.253. The zero-order chi connectivity index (χ0) is 18.1. The van der Waals surface area contributed by atoms with Crippen molar-refractivity contribution in [1.29, 1.82) is 0 Å². The van der Waals surface area contributed by atoms with Gasteiger partial charge in [0.2, 0.25) is 0 Å². The second-order valence-corrected chi connectivity index (χ2v) is 6.53. The van der Waals surface area contributed by atoms with Gasteiger partial charge in [0.05, 0.1) is 11.4 Å². The molecule has 25 heavy (non-hydrogen) atoms. The van der Waals surface area contributed by atoms with Crippen LogP contribution in [0, 0.1) is 34.6 Å². The first-order chi connectivity index (χ1) is 11.8. The molecular formula is C20H22N4O. The van der Waals surface area contributed by atoms with Gasteiger partial charge in [-0.2, -0.15) is 0 Å². The van der Waals surface area contributed by atoms with Crippen LogP contribution in [-0.4, -0.2) is 20.9 Å². The molecule has 0 aliphatic rings. The number of anilines is 1. The molecule has 1 N–H and O–H groups in total. The van der Waals surface area contributed by atoms with E-state index in [0.717, 1.165) is 28.1 Å². The Labute approximate surface area is 147 Å². The minimum absolute atomic E-state index is 0.253. The van der Waals surface area contributed by atoms with E-state index in [0.29, 0.717) is 11.4 Å². The second kappa shape index (κ2) is 6.51. The first-order valence-corrected chi connectivity index (χ1v) is 8.25. The van der Waals surface area contributed by atoms with Gasteiger partial charge in [0.1, 0.15) is 0 Å². The van der Waals surface area contributed by atoms with Crippen molar-refractivity contribution >= 4 is 11.6 Å². The Balaban J connectivity index is 1.89. The number of aromatic nitrogens is 3. The summed E-state index contributed by atoms with van der Waals surface area (Å²) >= 11 is 0. The van der Waals surface area contributed by atoms with Crippen molar-refractivity contribution in [3.05, 3.63) is 70.0 Å². The summed E-state index contributed by atoms with van der Waals surface area (Å²) in [4.78, 5) is 12.6. The predicted molar refractivity (Wildman–Crippen MR) is 99.4 cm³/mol. The van der Waals surface area contributed by atoms with E-state index in [1.807, 2.05) is 65.0 Å². The van der Waals surface area contributed by atoms with Crippen LogP contribution in [0.15, 0.2) is 36.4 Å². The smallest absolute Gasteiger partial charge is 0.278 e. The van der Waals surface area contributed by atoms with Gasteiger partial charge in [0.15, 0.2) is 5.69 Å². The zero-order valence-corrected chi connectivity index (χ0v) is 15.2. The van der Waals surface area contributed by atoms with Crippen molar-refractivity contribution in [3.8, 4) is 5.69 Å². The van der Waals surface area contributed by atoms with Crippen LogP contribution < -0.4 is 5.32 Å². The van der Waals surface area contributed by atoms with Crippen molar-refractivity contribution in [3.63, 3.8) is 0 Å². The second-order valence-electron chi connectivity index (χ2n) is 6.53. The van der Waals surface area contributed by atoms with Crippen LogP contribution >= 0.6 is 0 Å². The summed E-state index contributed by atoms with van der Waals surface area (Å²) in [5, 5.41) is 11.2. The molecule has 128 valence electrons. The minimum Gasteiger partial charge on any atom is -0.321 e. The lowest BCUT2D eigenvalue weighted by molar-refractivity contribution is 0.102. The van der Waals surface area contributed by atoms with E-state index in [1.54, 1.807) is 4.68 Å². The number of rotatable bonds is 3. The number of nitrogens with one attached hydrogen (secondary N) is 1. The topological polar surface area (TPSA) is 59.8 Å². The highest BCUT2D eigenvalue weighted by molar-refractivity contribution is 6.03. The van der Waals surface area contributed by atoms with Crippen LogP contribution in [0.4, 0.5) is 5.69 Å². The molecule has 0 fully saturated rings. The fourth-order valence-corrected chi connectivity index (χ4v) is 2.87. The van der Waals surface area contributed by atoms with Gasteiger partial charge in [-0.1, -0.05) is 17.3 Å². The number of carbonyl (C=O) groups excluding carboxylic acids is 1. The number of hydrogen-bond donors (Lipinski definition) is 1. The predicted octanol–water partition coefficient (Wildman–Crippen LogP) is 4.06. The molecule has 1 amide bonds. The van der Waals surface area contributed by atoms with Gasteiger partial charge in [-0.15, -0.1) is 5.10 Å². The fraction of sp³-hybridized carbons (Fsp3) is 0.250. The van der Waals surface area contributed by atoms with Crippen molar-refractivity contribution in [2.45, 2.75) is 34.6 Å². The van der Waals surface area contributed by atoms with E-state index in [4.69, 9.17) is 0 Å². The van der Waals surface area contributed by atoms with E-state index in [-0.39, 0.29) is 5.91 Å². The SMILES string of the molecule is Cc1cc(C)cc(-n2nnc(C(=O)Nc3ccc(C)c(C)c3)c2C)c1. The van der Waals surface area contributed by atoms with Crippen LogP contribution in [0.25, 0.3) is 5.69 Å². The molecule has 0 spiro atoms. The maximum atomic E-state index is 12.6. The lowest BCUT2D eigenvalue weighted by atomic mass is 10.1. The third-order valence-corrected chi connectivity index (χ3v) is 4.33. The number of carbonyl (C=O) groups is 1. The Morgan fingerprint density at radius 3 is 2.24 bits per heavy atom. The van der Waals surface area contributed by atoms with Gasteiger partial charge < -0.3 is 5.32 Å². The number of aryl methyl sites for hydroxylation is 4. The Morgan fingerprint density at radius 2 is 1.60 bits per heavy atom. The molecule has 3 aromatic rings. The van der Waals surface area contributed by atoms with Crippen molar-refractivity contribution in [2.75, 3.05) is 5.32 Å². The summed E-state index contributed by atoms with van der Waals surface area (Å²) in [6.45, 7) is 9.99. The van der Waals surface area contributed by atoms with Crippen LogP contribution in [0.3, 0.4) is 0 Å². The number of hydrogen-bond acceptors (Lipinski definition) is 3. The van der Waals surface area contributed by atoms with Crippen molar-refractivity contribution < 1.29 is 4.79 Å². The molecule has 3 rings (SSSR count). The largest absolute Gasteiger partial charge is 0.321 e. The molecule has 0 aliphatic heterocycles. The lowest BCUT2D eigenvalue weighted by Gasteiger charge is -2.08. The Morgan fingerprint density at radius 1 is 0.920 bits per heavy atom. The summed E-state index contributed by atoms with van der Waals surface area (Å²) < 4.78 is 1.70. The van der Waals surface area contributed by atoms with Gasteiger partial charge >= 0.3 is 0 Å². The summed E-state index contributed by atoms with van der Waals surface area (Å²) in [5.41, 5.74) is 7.32. The molecule has 5 nitrogen and oxygen atoms in total. The molecule has 0 saturated heterocycles. The maximum absolute atomic E-state index is 12.6. The molecule has 0 radical (unpaired) electrons. The van der Waals surface area contributed by atoms with Crippen molar-refractivity contribution in [1.82, 2.24) is 15.0 Å². The molecule has 0 saturated carbocycles. The van der Waals surface area contributed by atoms with Crippen LogP contribution in [-0.2, 0) is 0 Å². The summed E-state index contributed by atoms with van der Waals surface area (Å²) in [6, 6.07) is 12.0. The Hall–Kier alpha value is -2.95. The number of amides is 1. The zero-order valence-electron chi connectivity index (χ0n) is 15.2. The van der Waals surface area contributed by atoms with Crippen LogP contribution in [0.1, 0.15) is 38.4 Å². The van der Waals surface area contributed by atoms with E-state index in [1.165, 1.54) is 5.56 Å². The highest BCUT2D eigenvalue weighted by Crippen LogP contribution is 2.18. The monoisotopic (exact) mass is 334 g/mol. The Bertz CT molecular complexity index is 936. The lowest BCUT2D eigenvalue weighted by Crippen LogP contribution is -2.14. The number of nitrogens with zero attached hydrogens (tertiary/aromatic N) is 3. The van der Waals surface area contributed by atoms with Crippen LogP contribution in [0.5, 0.6) is 0 Å². The molecule has 1 aromatic heterocycles. The highest BCUT2D eigenvalue weighted by Gasteiger charge is 2.18. The summed E-state index contributed by atoms with van der Waals surface area (Å²) in [7, 11) is 0. The van der Waals surface area contributed by atoms with E-state index < -0.39 is 0 Å². The quantitative estimate of drug-likeness (QED) is 0.786. The van der Waals surface area contributed by atoms with Crippen LogP contribution in [0.2, 0.25) is 0 Å². The first kappa shape index (κ1) is 16.9. The third-order valence-electron chi connectivity index (χ3n) is 4.33. The van der Waals surface area contributed by atoms with Gasteiger partial charge in [-0.25, -0.2) is 4.68 Å². The Kier molecular flexibility index (Phi) is 4.40. The van der Waals surface area contributed by atoms with Gasteiger partial charge in [0.25, 0.3) is 5.91 Å². The molecule has 0 unspecified atom stereocenters. The van der Waals surface area contributed by atoms with Gasteiger partial charge in [0, 0.05) is 5.69 Å². The highest BCUT2D eigenvalue weighted by atomic mass is 16.2. The molecule has 0 aliphatic carbocycles. The maximum Gasteiger partial charge on any atom is 0.278 e. The van der Waals surface area contributed by atoms with Gasteiger partial charge in [-0.05, 0) is 81.1 Å².